The average Bonchev–Trinajstić information content (AvgIpc) is 2.34. The SMILES string of the molecule is CC(CS(C)=O)NS(=O)(=O)c1ccc(C#CCO)cc1Cl. The van der Waals surface area contributed by atoms with Crippen LogP contribution in [0.25, 0.3) is 0 Å². The second-order valence-corrected chi connectivity index (χ2v) is 7.94. The zero-order chi connectivity index (χ0) is 16.0. The molecule has 0 aliphatic heterocycles. The van der Waals surface area contributed by atoms with Crippen LogP contribution in [0.2, 0.25) is 5.02 Å². The van der Waals surface area contributed by atoms with Gasteiger partial charge in [0.1, 0.15) is 11.5 Å². The molecule has 0 saturated heterocycles. The summed E-state index contributed by atoms with van der Waals surface area (Å²) in [5, 5.41) is 8.65. The summed E-state index contributed by atoms with van der Waals surface area (Å²) in [4.78, 5) is -0.0625. The van der Waals surface area contributed by atoms with Crippen molar-refractivity contribution in [3.05, 3.63) is 28.8 Å². The fraction of sp³-hybridized carbons (Fsp3) is 0.385. The largest absolute Gasteiger partial charge is 0.384 e. The molecule has 0 bridgehead atoms. The highest BCUT2D eigenvalue weighted by molar-refractivity contribution is 7.89. The summed E-state index contributed by atoms with van der Waals surface area (Å²) in [6.45, 7) is 1.35. The quantitative estimate of drug-likeness (QED) is 0.768. The predicted molar refractivity (Wildman–Crippen MR) is 84.1 cm³/mol. The van der Waals surface area contributed by atoms with Crippen molar-refractivity contribution < 1.29 is 17.7 Å². The lowest BCUT2D eigenvalue weighted by Crippen LogP contribution is -2.36. The predicted octanol–water partition coefficient (Wildman–Crippen LogP) is 0.729. The molecule has 2 atom stereocenters. The third-order valence-electron chi connectivity index (χ3n) is 2.37. The molecular weight excluding hydrogens is 334 g/mol. The minimum Gasteiger partial charge on any atom is -0.384 e. The number of hydrogen-bond donors (Lipinski definition) is 2. The zero-order valence-electron chi connectivity index (χ0n) is 11.6. The summed E-state index contributed by atoms with van der Waals surface area (Å²) < 4.78 is 37.9. The molecule has 1 aromatic rings. The molecule has 0 amide bonds. The molecular formula is C13H16ClNO4S2. The Hall–Kier alpha value is -0.910. The first-order chi connectivity index (χ1) is 9.76. The fourth-order valence-electron chi connectivity index (χ4n) is 1.65. The normalized spacial score (nSPS) is 14.1. The summed E-state index contributed by atoms with van der Waals surface area (Å²) in [6, 6.07) is 3.81. The van der Waals surface area contributed by atoms with E-state index in [2.05, 4.69) is 16.6 Å². The van der Waals surface area contributed by atoms with Crippen molar-refractivity contribution in [1.82, 2.24) is 4.72 Å². The molecule has 8 heteroatoms. The van der Waals surface area contributed by atoms with Gasteiger partial charge in [0.15, 0.2) is 0 Å². The smallest absolute Gasteiger partial charge is 0.242 e. The Bertz CT molecular complexity index is 692. The maximum absolute atomic E-state index is 12.2. The molecule has 0 spiro atoms. The number of benzene rings is 1. The van der Waals surface area contributed by atoms with Gasteiger partial charge in [0.2, 0.25) is 10.0 Å². The van der Waals surface area contributed by atoms with Gasteiger partial charge in [0.05, 0.1) is 5.02 Å². The highest BCUT2D eigenvalue weighted by Gasteiger charge is 2.21. The highest BCUT2D eigenvalue weighted by Crippen LogP contribution is 2.22. The van der Waals surface area contributed by atoms with Gasteiger partial charge in [-0.3, -0.25) is 4.21 Å². The molecule has 0 aliphatic rings. The molecule has 2 unspecified atom stereocenters. The Balaban J connectivity index is 3.01. The fourth-order valence-corrected chi connectivity index (χ4v) is 4.33. The van der Waals surface area contributed by atoms with Crippen LogP contribution in [0.1, 0.15) is 12.5 Å². The van der Waals surface area contributed by atoms with E-state index in [0.29, 0.717) is 5.56 Å². The minimum atomic E-state index is -3.79. The number of halogens is 1. The van der Waals surface area contributed by atoms with Gasteiger partial charge in [-0.2, -0.15) is 0 Å². The van der Waals surface area contributed by atoms with E-state index in [4.69, 9.17) is 16.7 Å². The lowest BCUT2D eigenvalue weighted by Gasteiger charge is -2.14. The summed E-state index contributed by atoms with van der Waals surface area (Å²) in [6.07, 6.45) is 1.51. The van der Waals surface area contributed by atoms with E-state index in [-0.39, 0.29) is 22.3 Å². The number of aliphatic hydroxyl groups is 1. The minimum absolute atomic E-state index is 0.0389. The maximum Gasteiger partial charge on any atom is 0.242 e. The van der Waals surface area contributed by atoms with Gasteiger partial charge in [-0.25, -0.2) is 13.1 Å². The van der Waals surface area contributed by atoms with Crippen LogP contribution in [0.4, 0.5) is 0 Å². The molecule has 2 N–H and O–H groups in total. The van der Waals surface area contributed by atoms with Crippen LogP contribution < -0.4 is 4.72 Å². The third-order valence-corrected chi connectivity index (χ3v) is 5.42. The summed E-state index contributed by atoms with van der Waals surface area (Å²) in [5.74, 6) is 5.31. The van der Waals surface area contributed by atoms with Gasteiger partial charge in [-0.05, 0) is 25.1 Å². The third kappa shape index (κ3) is 5.77. The maximum atomic E-state index is 12.2. The Morgan fingerprint density at radius 3 is 2.67 bits per heavy atom. The average molecular weight is 350 g/mol. The van der Waals surface area contributed by atoms with Crippen molar-refractivity contribution in [2.75, 3.05) is 18.6 Å². The number of sulfonamides is 1. The van der Waals surface area contributed by atoms with E-state index in [1.54, 1.807) is 6.92 Å². The zero-order valence-corrected chi connectivity index (χ0v) is 14.0. The van der Waals surface area contributed by atoms with Crippen LogP contribution in [0.5, 0.6) is 0 Å². The second-order valence-electron chi connectivity index (χ2n) is 4.37. The summed E-state index contributed by atoms with van der Waals surface area (Å²) >= 11 is 5.97. The van der Waals surface area contributed by atoms with Crippen LogP contribution in [0.3, 0.4) is 0 Å². The van der Waals surface area contributed by atoms with Crippen LogP contribution in [0, 0.1) is 11.8 Å². The van der Waals surface area contributed by atoms with E-state index < -0.39 is 26.9 Å². The first kappa shape index (κ1) is 18.1. The van der Waals surface area contributed by atoms with Gasteiger partial charge < -0.3 is 5.11 Å². The summed E-state index contributed by atoms with van der Waals surface area (Å²) in [7, 11) is -4.89. The van der Waals surface area contributed by atoms with E-state index in [1.165, 1.54) is 24.5 Å². The van der Waals surface area contributed by atoms with Gasteiger partial charge in [0, 0.05) is 34.4 Å². The van der Waals surface area contributed by atoms with Crippen molar-refractivity contribution in [3.8, 4) is 11.8 Å². The molecule has 0 radical (unpaired) electrons. The highest BCUT2D eigenvalue weighted by atomic mass is 35.5. The summed E-state index contributed by atoms with van der Waals surface area (Å²) in [5.41, 5.74) is 0.510. The second kappa shape index (κ2) is 7.92. The van der Waals surface area contributed by atoms with Crippen molar-refractivity contribution in [3.63, 3.8) is 0 Å². The van der Waals surface area contributed by atoms with Crippen molar-refractivity contribution >= 4 is 32.4 Å². The Morgan fingerprint density at radius 2 is 2.14 bits per heavy atom. The first-order valence-corrected chi connectivity index (χ1v) is 9.56. The van der Waals surface area contributed by atoms with Crippen molar-refractivity contribution in [2.24, 2.45) is 0 Å². The standard InChI is InChI=1S/C13H16ClNO4S2/c1-10(9-20(2)17)15-21(18,19)13-6-5-11(4-3-7-16)8-12(13)14/h5-6,8,10,15-16H,7,9H2,1-2H3. The van der Waals surface area contributed by atoms with E-state index >= 15 is 0 Å². The Kier molecular flexibility index (Phi) is 6.84. The molecule has 116 valence electrons. The molecule has 0 aliphatic carbocycles. The Labute approximate surface area is 132 Å². The van der Waals surface area contributed by atoms with Crippen molar-refractivity contribution in [1.29, 1.82) is 0 Å². The van der Waals surface area contributed by atoms with Gasteiger partial charge in [-0.1, -0.05) is 23.4 Å². The molecule has 21 heavy (non-hydrogen) atoms. The van der Waals surface area contributed by atoms with Crippen LogP contribution in [-0.4, -0.2) is 42.4 Å². The molecule has 0 saturated carbocycles. The van der Waals surface area contributed by atoms with Gasteiger partial charge in [0.25, 0.3) is 0 Å². The topological polar surface area (TPSA) is 83.5 Å². The van der Waals surface area contributed by atoms with Crippen LogP contribution in [-0.2, 0) is 20.8 Å². The molecule has 0 fully saturated rings. The lowest BCUT2D eigenvalue weighted by atomic mass is 10.2. The van der Waals surface area contributed by atoms with Gasteiger partial charge >= 0.3 is 0 Å². The van der Waals surface area contributed by atoms with E-state index in [0.717, 1.165) is 0 Å². The lowest BCUT2D eigenvalue weighted by molar-refractivity contribution is 0.350. The number of nitrogens with one attached hydrogen (secondary N) is 1. The molecule has 1 rings (SSSR count). The van der Waals surface area contributed by atoms with Crippen LogP contribution in [0.15, 0.2) is 23.1 Å². The van der Waals surface area contributed by atoms with E-state index in [9.17, 15) is 12.6 Å². The Morgan fingerprint density at radius 1 is 1.48 bits per heavy atom. The molecule has 1 aromatic carbocycles. The molecule has 0 heterocycles. The monoisotopic (exact) mass is 349 g/mol. The number of rotatable bonds is 5. The first-order valence-electron chi connectivity index (χ1n) is 5.98. The van der Waals surface area contributed by atoms with E-state index in [1.807, 2.05) is 0 Å². The van der Waals surface area contributed by atoms with Gasteiger partial charge in [-0.15, -0.1) is 0 Å². The number of aliphatic hydroxyl groups excluding tert-OH is 1. The van der Waals surface area contributed by atoms with Crippen molar-refractivity contribution in [2.45, 2.75) is 17.9 Å². The molecule has 5 nitrogen and oxygen atoms in total. The number of hydrogen-bond acceptors (Lipinski definition) is 4. The molecule has 0 aromatic heterocycles. The van der Waals surface area contributed by atoms with Crippen LogP contribution >= 0.6 is 11.6 Å².